The highest BCUT2D eigenvalue weighted by Crippen LogP contribution is 2.20. The van der Waals surface area contributed by atoms with Crippen molar-refractivity contribution in [3.63, 3.8) is 0 Å². The summed E-state index contributed by atoms with van der Waals surface area (Å²) in [6, 6.07) is 12.7. The van der Waals surface area contributed by atoms with Gasteiger partial charge in [0.15, 0.2) is 5.65 Å². The number of rotatable bonds is 7. The van der Waals surface area contributed by atoms with Gasteiger partial charge in [0.05, 0.1) is 10.7 Å². The van der Waals surface area contributed by atoms with Crippen LogP contribution in [0.2, 0.25) is 0 Å². The highest BCUT2D eigenvalue weighted by molar-refractivity contribution is 9.10. The van der Waals surface area contributed by atoms with Crippen LogP contribution in [0.25, 0.3) is 5.65 Å². The molecule has 2 heterocycles. The Morgan fingerprint density at radius 1 is 1.17 bits per heavy atom. The van der Waals surface area contributed by atoms with E-state index >= 15 is 0 Å². The predicted octanol–water partition coefficient (Wildman–Crippen LogP) is 4.81. The molecule has 0 radical (unpaired) electrons. The van der Waals surface area contributed by atoms with Crippen molar-refractivity contribution in [1.82, 2.24) is 14.6 Å². The fourth-order valence-electron chi connectivity index (χ4n) is 3.04. The summed E-state index contributed by atoms with van der Waals surface area (Å²) in [6.07, 6.45) is 5.98. The van der Waals surface area contributed by atoms with Crippen LogP contribution >= 0.6 is 15.9 Å². The van der Waals surface area contributed by atoms with E-state index in [1.807, 2.05) is 12.3 Å². The van der Waals surface area contributed by atoms with Crippen molar-refractivity contribution in [2.45, 2.75) is 26.7 Å². The van der Waals surface area contributed by atoms with Gasteiger partial charge >= 0.3 is 0 Å². The topological polar surface area (TPSA) is 42.2 Å². The third kappa shape index (κ3) is 4.35. The second-order valence-corrected chi connectivity index (χ2v) is 7.49. The normalized spacial score (nSPS) is 12.7. The molecular formula is C19H23BrN4. The molecule has 0 fully saturated rings. The lowest BCUT2D eigenvalue weighted by molar-refractivity contribution is 0.423. The van der Waals surface area contributed by atoms with Crippen molar-refractivity contribution in [3.05, 3.63) is 58.8 Å². The number of aromatic nitrogens is 3. The number of fused-ring (bicyclic) bond motifs is 1. The average molecular weight is 387 g/mol. The number of hydrogen-bond acceptors (Lipinski definition) is 3. The van der Waals surface area contributed by atoms with Gasteiger partial charge in [0.1, 0.15) is 5.82 Å². The number of halogens is 1. The summed E-state index contributed by atoms with van der Waals surface area (Å²) >= 11 is 3.48. The molecule has 0 saturated heterocycles. The standard InChI is InChI=1S/C19H23BrN4/c1-14(2)10-16(11-15-6-4-3-5-7-15)12-21-18-8-9-24-19(23-18)17(20)13-22-24/h3-9,13-14,16H,10-12H2,1-2H3,(H,21,23). The van der Waals surface area contributed by atoms with Crippen LogP contribution in [0.1, 0.15) is 25.8 Å². The molecule has 1 unspecified atom stereocenters. The molecule has 3 rings (SSSR count). The van der Waals surface area contributed by atoms with Crippen molar-refractivity contribution in [3.8, 4) is 0 Å². The largest absolute Gasteiger partial charge is 0.370 e. The minimum absolute atomic E-state index is 0.582. The van der Waals surface area contributed by atoms with E-state index in [0.717, 1.165) is 28.9 Å². The van der Waals surface area contributed by atoms with Gasteiger partial charge in [0.25, 0.3) is 0 Å². The molecule has 3 aromatic rings. The summed E-state index contributed by atoms with van der Waals surface area (Å²) < 4.78 is 2.68. The van der Waals surface area contributed by atoms with E-state index in [-0.39, 0.29) is 0 Å². The van der Waals surface area contributed by atoms with Gasteiger partial charge < -0.3 is 5.32 Å². The van der Waals surface area contributed by atoms with Crippen molar-refractivity contribution < 1.29 is 0 Å². The SMILES string of the molecule is CC(C)CC(CNc1ccn2ncc(Br)c2n1)Cc1ccccc1. The van der Waals surface area contributed by atoms with Crippen molar-refractivity contribution in [2.24, 2.45) is 11.8 Å². The second-order valence-electron chi connectivity index (χ2n) is 6.64. The van der Waals surface area contributed by atoms with Crippen LogP contribution in [0.4, 0.5) is 5.82 Å². The molecule has 0 aliphatic carbocycles. The minimum atomic E-state index is 0.582. The second kappa shape index (κ2) is 7.79. The maximum absolute atomic E-state index is 4.64. The zero-order chi connectivity index (χ0) is 16.9. The molecule has 5 heteroatoms. The number of anilines is 1. The van der Waals surface area contributed by atoms with Crippen LogP contribution in [0.3, 0.4) is 0 Å². The van der Waals surface area contributed by atoms with Gasteiger partial charge in [-0.2, -0.15) is 5.10 Å². The van der Waals surface area contributed by atoms with Gasteiger partial charge in [-0.05, 0) is 52.2 Å². The van der Waals surface area contributed by atoms with E-state index in [2.05, 4.69) is 75.5 Å². The number of benzene rings is 1. The number of hydrogen-bond donors (Lipinski definition) is 1. The average Bonchev–Trinajstić information content (AvgIpc) is 2.94. The molecule has 1 atom stereocenters. The Labute approximate surface area is 151 Å². The van der Waals surface area contributed by atoms with E-state index in [1.165, 1.54) is 12.0 Å². The third-order valence-electron chi connectivity index (χ3n) is 4.07. The fourth-order valence-corrected chi connectivity index (χ4v) is 3.40. The molecule has 24 heavy (non-hydrogen) atoms. The van der Waals surface area contributed by atoms with Gasteiger partial charge in [0.2, 0.25) is 0 Å². The van der Waals surface area contributed by atoms with E-state index in [4.69, 9.17) is 0 Å². The van der Waals surface area contributed by atoms with Gasteiger partial charge in [-0.1, -0.05) is 44.2 Å². The highest BCUT2D eigenvalue weighted by atomic mass is 79.9. The van der Waals surface area contributed by atoms with E-state index in [0.29, 0.717) is 11.8 Å². The van der Waals surface area contributed by atoms with Gasteiger partial charge in [-0.15, -0.1) is 0 Å². The third-order valence-corrected chi connectivity index (χ3v) is 4.63. The fraction of sp³-hybridized carbons (Fsp3) is 0.368. The molecule has 1 aromatic carbocycles. The highest BCUT2D eigenvalue weighted by Gasteiger charge is 2.13. The summed E-state index contributed by atoms with van der Waals surface area (Å²) in [5.74, 6) is 2.16. The van der Waals surface area contributed by atoms with Gasteiger partial charge in [0, 0.05) is 12.7 Å². The maximum Gasteiger partial charge on any atom is 0.171 e. The van der Waals surface area contributed by atoms with Crippen LogP contribution in [-0.2, 0) is 6.42 Å². The molecule has 0 saturated carbocycles. The zero-order valence-corrected chi connectivity index (χ0v) is 15.7. The first-order valence-electron chi connectivity index (χ1n) is 8.39. The van der Waals surface area contributed by atoms with Crippen LogP contribution in [0.5, 0.6) is 0 Å². The van der Waals surface area contributed by atoms with Crippen LogP contribution < -0.4 is 5.32 Å². The Morgan fingerprint density at radius 2 is 1.96 bits per heavy atom. The van der Waals surface area contributed by atoms with Crippen molar-refractivity contribution in [2.75, 3.05) is 11.9 Å². The number of nitrogens with zero attached hydrogens (tertiary/aromatic N) is 3. The predicted molar refractivity (Wildman–Crippen MR) is 102 cm³/mol. The first-order chi connectivity index (χ1) is 11.6. The Balaban J connectivity index is 1.68. The van der Waals surface area contributed by atoms with Crippen LogP contribution in [-0.4, -0.2) is 21.1 Å². The summed E-state index contributed by atoms with van der Waals surface area (Å²) in [5.41, 5.74) is 2.23. The smallest absolute Gasteiger partial charge is 0.171 e. The molecule has 0 amide bonds. The molecule has 2 aromatic heterocycles. The Morgan fingerprint density at radius 3 is 2.71 bits per heavy atom. The molecule has 0 aliphatic rings. The molecule has 4 nitrogen and oxygen atoms in total. The summed E-state index contributed by atoms with van der Waals surface area (Å²) in [5, 5.41) is 7.74. The van der Waals surface area contributed by atoms with Gasteiger partial charge in [-0.25, -0.2) is 9.50 Å². The minimum Gasteiger partial charge on any atom is -0.370 e. The van der Waals surface area contributed by atoms with Gasteiger partial charge in [-0.3, -0.25) is 0 Å². The van der Waals surface area contributed by atoms with E-state index < -0.39 is 0 Å². The lowest BCUT2D eigenvalue weighted by Gasteiger charge is -2.20. The quantitative estimate of drug-likeness (QED) is 0.633. The zero-order valence-electron chi connectivity index (χ0n) is 14.1. The molecule has 0 spiro atoms. The first-order valence-corrected chi connectivity index (χ1v) is 9.19. The van der Waals surface area contributed by atoms with Crippen molar-refractivity contribution >= 4 is 27.4 Å². The first kappa shape index (κ1) is 17.0. The molecule has 126 valence electrons. The molecular weight excluding hydrogens is 364 g/mol. The van der Waals surface area contributed by atoms with E-state index in [9.17, 15) is 0 Å². The monoisotopic (exact) mass is 386 g/mol. The lowest BCUT2D eigenvalue weighted by atomic mass is 9.91. The van der Waals surface area contributed by atoms with Crippen LogP contribution in [0, 0.1) is 11.8 Å². The van der Waals surface area contributed by atoms with Crippen molar-refractivity contribution in [1.29, 1.82) is 0 Å². The van der Waals surface area contributed by atoms with Crippen LogP contribution in [0.15, 0.2) is 53.3 Å². The summed E-state index contributed by atoms with van der Waals surface area (Å²) in [4.78, 5) is 4.64. The number of nitrogens with one attached hydrogen (secondary N) is 1. The molecule has 0 bridgehead atoms. The lowest BCUT2D eigenvalue weighted by Crippen LogP contribution is -2.19. The Hall–Kier alpha value is -1.88. The van der Waals surface area contributed by atoms with E-state index in [1.54, 1.807) is 10.7 Å². The Bertz CT molecular complexity index is 782. The summed E-state index contributed by atoms with van der Waals surface area (Å²) in [6.45, 7) is 5.49. The molecule has 0 aliphatic heterocycles. The maximum atomic E-state index is 4.64. The summed E-state index contributed by atoms with van der Waals surface area (Å²) in [7, 11) is 0. The Kier molecular flexibility index (Phi) is 5.51. The molecule has 1 N–H and O–H groups in total.